The van der Waals surface area contributed by atoms with E-state index in [2.05, 4.69) is 21.2 Å². The van der Waals surface area contributed by atoms with Gasteiger partial charge in [0.05, 0.1) is 5.56 Å². The van der Waals surface area contributed by atoms with Gasteiger partial charge in [-0.15, -0.1) is 0 Å². The first-order chi connectivity index (χ1) is 8.65. The Morgan fingerprint density at radius 2 is 1.89 bits per heavy atom. The van der Waals surface area contributed by atoms with Crippen molar-refractivity contribution in [2.45, 2.75) is 31.7 Å². The number of carbonyl (C=O) groups is 1. The van der Waals surface area contributed by atoms with Gasteiger partial charge in [0.2, 0.25) is 0 Å². The lowest BCUT2D eigenvalue weighted by Gasteiger charge is -2.18. The van der Waals surface area contributed by atoms with E-state index in [0.717, 1.165) is 4.47 Å². The van der Waals surface area contributed by atoms with Gasteiger partial charge in [0, 0.05) is 16.2 Å². The maximum absolute atomic E-state index is 12.3. The van der Waals surface area contributed by atoms with Crippen molar-refractivity contribution in [2.75, 3.05) is 5.73 Å². The topological polar surface area (TPSA) is 55.1 Å². The standard InChI is InChI=1S/C14H17BrN2O/c15-10-5-6-12(16)11(7-10)14(18)17-13(8-1-2-8)9-3-4-9/h5-9,13H,1-4,16H2,(H,17,18). The van der Waals surface area contributed by atoms with Crippen molar-refractivity contribution >= 4 is 27.5 Å². The number of nitrogen functional groups attached to an aromatic ring is 1. The lowest BCUT2D eigenvalue weighted by Crippen LogP contribution is -2.38. The van der Waals surface area contributed by atoms with E-state index >= 15 is 0 Å². The highest BCUT2D eigenvalue weighted by Gasteiger charge is 2.42. The molecule has 2 saturated carbocycles. The van der Waals surface area contributed by atoms with Crippen LogP contribution < -0.4 is 11.1 Å². The van der Waals surface area contributed by atoms with Crippen LogP contribution in [0.4, 0.5) is 5.69 Å². The Labute approximate surface area is 115 Å². The zero-order valence-electron chi connectivity index (χ0n) is 10.2. The summed E-state index contributed by atoms with van der Waals surface area (Å²) in [5.74, 6) is 1.38. The van der Waals surface area contributed by atoms with E-state index in [4.69, 9.17) is 5.73 Å². The van der Waals surface area contributed by atoms with Crippen LogP contribution in [0.1, 0.15) is 36.0 Å². The molecule has 0 aliphatic heterocycles. The van der Waals surface area contributed by atoms with Crippen molar-refractivity contribution in [2.24, 2.45) is 11.8 Å². The molecule has 96 valence electrons. The molecule has 18 heavy (non-hydrogen) atoms. The SMILES string of the molecule is Nc1ccc(Br)cc1C(=O)NC(C1CC1)C1CC1. The van der Waals surface area contributed by atoms with E-state index < -0.39 is 0 Å². The number of halogens is 1. The van der Waals surface area contributed by atoms with E-state index in [1.165, 1.54) is 25.7 Å². The first kappa shape index (κ1) is 12.0. The minimum absolute atomic E-state index is 0.0300. The Bertz CT molecular complexity index is 469. The molecule has 0 saturated heterocycles. The van der Waals surface area contributed by atoms with Crippen LogP contribution in [-0.4, -0.2) is 11.9 Å². The van der Waals surface area contributed by atoms with Crippen molar-refractivity contribution in [3.63, 3.8) is 0 Å². The first-order valence-corrected chi connectivity index (χ1v) is 7.30. The summed E-state index contributed by atoms with van der Waals surface area (Å²) in [7, 11) is 0. The number of carbonyl (C=O) groups excluding carboxylic acids is 1. The minimum Gasteiger partial charge on any atom is -0.398 e. The predicted molar refractivity (Wildman–Crippen MR) is 75.3 cm³/mol. The largest absolute Gasteiger partial charge is 0.398 e. The molecule has 1 amide bonds. The average molecular weight is 309 g/mol. The van der Waals surface area contributed by atoms with Gasteiger partial charge in [-0.25, -0.2) is 0 Å². The molecule has 0 bridgehead atoms. The molecule has 3 N–H and O–H groups in total. The monoisotopic (exact) mass is 308 g/mol. The third-order valence-corrected chi connectivity index (χ3v) is 4.31. The summed E-state index contributed by atoms with van der Waals surface area (Å²) in [5.41, 5.74) is 6.99. The zero-order chi connectivity index (χ0) is 12.7. The number of hydrogen-bond donors (Lipinski definition) is 2. The summed E-state index contributed by atoms with van der Waals surface area (Å²) >= 11 is 3.38. The van der Waals surface area contributed by atoms with Gasteiger partial charge in [-0.3, -0.25) is 4.79 Å². The first-order valence-electron chi connectivity index (χ1n) is 6.51. The molecule has 2 aliphatic carbocycles. The summed E-state index contributed by atoms with van der Waals surface area (Å²) in [5, 5.41) is 3.19. The highest BCUT2D eigenvalue weighted by molar-refractivity contribution is 9.10. The Balaban J connectivity index is 1.75. The third-order valence-electron chi connectivity index (χ3n) is 3.82. The van der Waals surface area contributed by atoms with Crippen LogP contribution in [0, 0.1) is 11.8 Å². The lowest BCUT2D eigenvalue weighted by atomic mass is 10.1. The second-order valence-electron chi connectivity index (χ2n) is 5.41. The molecule has 2 fully saturated rings. The fourth-order valence-corrected chi connectivity index (χ4v) is 2.85. The Kier molecular flexibility index (Phi) is 3.06. The Morgan fingerprint density at radius 1 is 1.28 bits per heavy atom. The number of amides is 1. The number of benzene rings is 1. The molecular weight excluding hydrogens is 292 g/mol. The predicted octanol–water partition coefficient (Wildman–Crippen LogP) is 2.95. The van der Waals surface area contributed by atoms with Gasteiger partial charge in [0.25, 0.3) is 5.91 Å². The molecular formula is C14H17BrN2O. The van der Waals surface area contributed by atoms with Crippen molar-refractivity contribution < 1.29 is 4.79 Å². The fourth-order valence-electron chi connectivity index (χ4n) is 2.49. The van der Waals surface area contributed by atoms with E-state index in [-0.39, 0.29) is 5.91 Å². The Hall–Kier alpha value is -1.03. The van der Waals surface area contributed by atoms with Gasteiger partial charge in [-0.2, -0.15) is 0 Å². The lowest BCUT2D eigenvalue weighted by molar-refractivity contribution is 0.0927. The van der Waals surface area contributed by atoms with Crippen molar-refractivity contribution in [1.82, 2.24) is 5.32 Å². The van der Waals surface area contributed by atoms with Crippen molar-refractivity contribution in [1.29, 1.82) is 0 Å². The minimum atomic E-state index is -0.0300. The van der Waals surface area contributed by atoms with E-state index in [0.29, 0.717) is 29.1 Å². The van der Waals surface area contributed by atoms with E-state index in [1.54, 1.807) is 12.1 Å². The number of nitrogens with two attached hydrogens (primary N) is 1. The molecule has 0 aromatic heterocycles. The summed E-state index contributed by atoms with van der Waals surface area (Å²) < 4.78 is 0.885. The van der Waals surface area contributed by atoms with Gasteiger partial charge < -0.3 is 11.1 Å². The van der Waals surface area contributed by atoms with Crippen LogP contribution in [-0.2, 0) is 0 Å². The number of hydrogen-bond acceptors (Lipinski definition) is 2. The number of nitrogens with one attached hydrogen (secondary N) is 1. The molecule has 0 unspecified atom stereocenters. The second-order valence-corrected chi connectivity index (χ2v) is 6.32. The van der Waals surface area contributed by atoms with Gasteiger partial charge in [0.1, 0.15) is 0 Å². The fraction of sp³-hybridized carbons (Fsp3) is 0.500. The summed E-state index contributed by atoms with van der Waals surface area (Å²) in [6, 6.07) is 5.78. The van der Waals surface area contributed by atoms with Gasteiger partial charge in [-0.1, -0.05) is 15.9 Å². The van der Waals surface area contributed by atoms with Crippen LogP contribution in [0.25, 0.3) is 0 Å². The smallest absolute Gasteiger partial charge is 0.253 e. The van der Waals surface area contributed by atoms with Crippen LogP contribution in [0.15, 0.2) is 22.7 Å². The maximum Gasteiger partial charge on any atom is 0.253 e. The normalized spacial score (nSPS) is 19.0. The van der Waals surface area contributed by atoms with Gasteiger partial charge in [-0.05, 0) is 55.7 Å². The van der Waals surface area contributed by atoms with Crippen molar-refractivity contribution in [3.05, 3.63) is 28.2 Å². The molecule has 0 spiro atoms. The summed E-state index contributed by atoms with van der Waals surface area (Å²) in [6.45, 7) is 0. The third kappa shape index (κ3) is 2.53. The van der Waals surface area contributed by atoms with Crippen LogP contribution in [0.3, 0.4) is 0 Å². The highest BCUT2D eigenvalue weighted by atomic mass is 79.9. The Morgan fingerprint density at radius 3 is 2.44 bits per heavy atom. The average Bonchev–Trinajstić information content (AvgIpc) is 3.21. The molecule has 0 atom stereocenters. The maximum atomic E-state index is 12.3. The van der Waals surface area contributed by atoms with Crippen LogP contribution in [0.2, 0.25) is 0 Å². The quantitative estimate of drug-likeness (QED) is 0.840. The van der Waals surface area contributed by atoms with E-state index in [9.17, 15) is 4.79 Å². The van der Waals surface area contributed by atoms with Crippen LogP contribution >= 0.6 is 15.9 Å². The molecule has 3 nitrogen and oxygen atoms in total. The molecule has 0 heterocycles. The summed E-state index contributed by atoms with van der Waals surface area (Å²) in [6.07, 6.45) is 5.04. The van der Waals surface area contributed by atoms with Crippen LogP contribution in [0.5, 0.6) is 0 Å². The molecule has 0 radical (unpaired) electrons. The number of rotatable bonds is 4. The van der Waals surface area contributed by atoms with Crippen molar-refractivity contribution in [3.8, 4) is 0 Å². The molecule has 3 rings (SSSR count). The number of anilines is 1. The molecule has 2 aliphatic rings. The van der Waals surface area contributed by atoms with E-state index in [1.807, 2.05) is 6.07 Å². The molecule has 4 heteroatoms. The second kappa shape index (κ2) is 4.57. The zero-order valence-corrected chi connectivity index (χ0v) is 11.7. The molecule has 1 aromatic rings. The summed E-state index contributed by atoms with van der Waals surface area (Å²) in [4.78, 5) is 12.3. The van der Waals surface area contributed by atoms with Gasteiger partial charge in [0.15, 0.2) is 0 Å². The molecule has 1 aromatic carbocycles. The van der Waals surface area contributed by atoms with Gasteiger partial charge >= 0.3 is 0 Å². The highest BCUT2D eigenvalue weighted by Crippen LogP contribution is 2.44.